The smallest absolute Gasteiger partial charge is 0.303 e. The molecule has 0 rings (SSSR count). The van der Waals surface area contributed by atoms with Gasteiger partial charge in [0.1, 0.15) is 0 Å². The molecule has 0 aliphatic rings. The van der Waals surface area contributed by atoms with Crippen molar-refractivity contribution in [2.45, 2.75) is 51.4 Å². The van der Waals surface area contributed by atoms with E-state index in [4.69, 9.17) is 28.3 Å². The zero-order valence-electron chi connectivity index (χ0n) is 9.76. The third kappa shape index (κ3) is 10.6. The first-order valence-electron chi connectivity index (χ1n) is 6.04. The molecule has 0 aromatic rings. The molecule has 0 spiro atoms. The number of hydrogen-bond acceptors (Lipinski definition) is 1. The van der Waals surface area contributed by atoms with Crippen LogP contribution in [0.5, 0.6) is 0 Å². The highest BCUT2D eigenvalue weighted by molar-refractivity contribution is 6.18. The molecule has 0 saturated heterocycles. The standard InChI is InChI=1S/C12H22Cl2O2/c13-9-4-3-6-11(8-10-14)5-1-2-7-12(15)16/h11H,1-10H2,(H,15,16). The molecule has 1 atom stereocenters. The zero-order chi connectivity index (χ0) is 12.2. The number of unbranched alkanes of at least 4 members (excludes halogenated alkanes) is 2. The predicted molar refractivity (Wildman–Crippen MR) is 69.5 cm³/mol. The van der Waals surface area contributed by atoms with Crippen LogP contribution in [0.25, 0.3) is 0 Å². The van der Waals surface area contributed by atoms with Gasteiger partial charge in [-0.3, -0.25) is 4.79 Å². The second-order valence-electron chi connectivity index (χ2n) is 4.17. The fraction of sp³-hybridized carbons (Fsp3) is 0.917. The summed E-state index contributed by atoms with van der Waals surface area (Å²) in [6.45, 7) is 0. The molecule has 1 N–H and O–H groups in total. The molecule has 1 unspecified atom stereocenters. The highest BCUT2D eigenvalue weighted by Gasteiger charge is 2.08. The summed E-state index contributed by atoms with van der Waals surface area (Å²) in [4.78, 5) is 10.3. The molecule has 0 heterocycles. The van der Waals surface area contributed by atoms with E-state index >= 15 is 0 Å². The van der Waals surface area contributed by atoms with E-state index in [9.17, 15) is 4.79 Å². The van der Waals surface area contributed by atoms with Crippen LogP contribution in [-0.4, -0.2) is 22.8 Å². The first-order chi connectivity index (χ1) is 7.70. The van der Waals surface area contributed by atoms with Crippen molar-refractivity contribution in [2.24, 2.45) is 5.92 Å². The summed E-state index contributed by atoms with van der Waals surface area (Å²) in [5, 5.41) is 8.52. The quantitative estimate of drug-likeness (QED) is 0.449. The molecule has 0 aliphatic heterocycles. The lowest BCUT2D eigenvalue weighted by Gasteiger charge is -2.14. The van der Waals surface area contributed by atoms with E-state index in [0.717, 1.165) is 44.4 Å². The van der Waals surface area contributed by atoms with E-state index in [1.165, 1.54) is 6.42 Å². The van der Waals surface area contributed by atoms with Crippen molar-refractivity contribution >= 4 is 29.2 Å². The summed E-state index contributed by atoms with van der Waals surface area (Å²) in [6, 6.07) is 0. The monoisotopic (exact) mass is 268 g/mol. The summed E-state index contributed by atoms with van der Waals surface area (Å²) in [5.41, 5.74) is 0. The SMILES string of the molecule is O=C(O)CCCCC(CCCl)CCCCCl. The largest absolute Gasteiger partial charge is 0.481 e. The second-order valence-corrected chi connectivity index (χ2v) is 4.92. The number of alkyl halides is 2. The van der Waals surface area contributed by atoms with Crippen molar-refractivity contribution in [1.82, 2.24) is 0 Å². The van der Waals surface area contributed by atoms with Gasteiger partial charge in [0, 0.05) is 18.2 Å². The fourth-order valence-electron chi connectivity index (χ4n) is 1.82. The maximum Gasteiger partial charge on any atom is 0.303 e. The Morgan fingerprint density at radius 3 is 2.06 bits per heavy atom. The van der Waals surface area contributed by atoms with Crippen LogP contribution in [0.15, 0.2) is 0 Å². The van der Waals surface area contributed by atoms with Gasteiger partial charge < -0.3 is 5.11 Å². The number of carboxylic acids is 1. The summed E-state index contributed by atoms with van der Waals surface area (Å²) in [6.07, 6.45) is 7.60. The Kier molecular flexibility index (Phi) is 11.6. The van der Waals surface area contributed by atoms with Gasteiger partial charge in [0.15, 0.2) is 0 Å². The Morgan fingerprint density at radius 2 is 1.56 bits per heavy atom. The molecule has 0 fully saturated rings. The van der Waals surface area contributed by atoms with E-state index < -0.39 is 5.97 Å². The lowest BCUT2D eigenvalue weighted by Crippen LogP contribution is -2.03. The molecule has 0 radical (unpaired) electrons. The first-order valence-corrected chi connectivity index (χ1v) is 7.11. The minimum absolute atomic E-state index is 0.287. The summed E-state index contributed by atoms with van der Waals surface area (Å²) < 4.78 is 0. The van der Waals surface area contributed by atoms with Crippen molar-refractivity contribution in [3.05, 3.63) is 0 Å². The Bertz CT molecular complexity index is 174. The van der Waals surface area contributed by atoms with Gasteiger partial charge in [-0.1, -0.05) is 25.7 Å². The lowest BCUT2D eigenvalue weighted by molar-refractivity contribution is -0.137. The minimum atomic E-state index is -0.698. The van der Waals surface area contributed by atoms with E-state index in [2.05, 4.69) is 0 Å². The number of carboxylic acid groups (broad SMARTS) is 1. The fourth-order valence-corrected chi connectivity index (χ4v) is 2.32. The van der Waals surface area contributed by atoms with Crippen LogP contribution in [0.2, 0.25) is 0 Å². The van der Waals surface area contributed by atoms with Gasteiger partial charge in [-0.15, -0.1) is 23.2 Å². The third-order valence-electron chi connectivity index (χ3n) is 2.77. The molecule has 4 heteroatoms. The number of rotatable bonds is 11. The molecule has 16 heavy (non-hydrogen) atoms. The van der Waals surface area contributed by atoms with E-state index in [0.29, 0.717) is 11.8 Å². The van der Waals surface area contributed by atoms with Crippen LogP contribution < -0.4 is 0 Å². The Labute approximate surface area is 108 Å². The highest BCUT2D eigenvalue weighted by atomic mass is 35.5. The molecular weight excluding hydrogens is 247 g/mol. The maximum absolute atomic E-state index is 10.3. The normalized spacial score (nSPS) is 12.6. The number of aliphatic carboxylic acids is 1. The molecule has 0 saturated carbocycles. The molecular formula is C12H22Cl2O2. The Morgan fingerprint density at radius 1 is 0.938 bits per heavy atom. The summed E-state index contributed by atoms with van der Waals surface area (Å²) in [5.74, 6) is 1.38. The number of carbonyl (C=O) groups is 1. The van der Waals surface area contributed by atoms with Crippen LogP contribution in [0.1, 0.15) is 51.4 Å². The topological polar surface area (TPSA) is 37.3 Å². The predicted octanol–water partition coefficient (Wildman–Crippen LogP) is 4.29. The van der Waals surface area contributed by atoms with Gasteiger partial charge in [0.05, 0.1) is 0 Å². The van der Waals surface area contributed by atoms with Gasteiger partial charge in [-0.25, -0.2) is 0 Å². The lowest BCUT2D eigenvalue weighted by atomic mass is 9.93. The Balaban J connectivity index is 3.54. The average Bonchev–Trinajstić information content (AvgIpc) is 2.24. The number of hydrogen-bond donors (Lipinski definition) is 1. The van der Waals surface area contributed by atoms with Crippen molar-refractivity contribution < 1.29 is 9.90 Å². The minimum Gasteiger partial charge on any atom is -0.481 e. The van der Waals surface area contributed by atoms with E-state index in [1.54, 1.807) is 0 Å². The zero-order valence-corrected chi connectivity index (χ0v) is 11.3. The highest BCUT2D eigenvalue weighted by Crippen LogP contribution is 2.21. The molecule has 0 aromatic heterocycles. The van der Waals surface area contributed by atoms with E-state index in [-0.39, 0.29) is 6.42 Å². The van der Waals surface area contributed by atoms with E-state index in [1.807, 2.05) is 0 Å². The maximum atomic E-state index is 10.3. The molecule has 0 aromatic carbocycles. The third-order valence-corrected chi connectivity index (χ3v) is 3.25. The van der Waals surface area contributed by atoms with Gasteiger partial charge in [-0.05, 0) is 25.2 Å². The van der Waals surface area contributed by atoms with Crippen molar-refractivity contribution in [2.75, 3.05) is 11.8 Å². The molecule has 2 nitrogen and oxygen atoms in total. The van der Waals surface area contributed by atoms with Gasteiger partial charge >= 0.3 is 5.97 Å². The summed E-state index contributed by atoms with van der Waals surface area (Å²) in [7, 11) is 0. The van der Waals surface area contributed by atoms with Crippen molar-refractivity contribution in [1.29, 1.82) is 0 Å². The average molecular weight is 269 g/mol. The van der Waals surface area contributed by atoms with Crippen molar-refractivity contribution in [3.63, 3.8) is 0 Å². The Hall–Kier alpha value is 0.0500. The number of halogens is 2. The van der Waals surface area contributed by atoms with Crippen LogP contribution in [0.3, 0.4) is 0 Å². The summed E-state index contributed by atoms with van der Waals surface area (Å²) >= 11 is 11.4. The molecule has 0 bridgehead atoms. The van der Waals surface area contributed by atoms with Crippen LogP contribution in [0.4, 0.5) is 0 Å². The molecule has 96 valence electrons. The van der Waals surface area contributed by atoms with Gasteiger partial charge in [-0.2, -0.15) is 0 Å². The van der Waals surface area contributed by atoms with Crippen LogP contribution >= 0.6 is 23.2 Å². The second kappa shape index (κ2) is 11.5. The van der Waals surface area contributed by atoms with Gasteiger partial charge in [0.2, 0.25) is 0 Å². The first kappa shape index (κ1) is 16.1. The van der Waals surface area contributed by atoms with Crippen LogP contribution in [0, 0.1) is 5.92 Å². The van der Waals surface area contributed by atoms with Gasteiger partial charge in [0.25, 0.3) is 0 Å². The molecule has 0 aliphatic carbocycles. The van der Waals surface area contributed by atoms with Crippen LogP contribution in [-0.2, 0) is 4.79 Å². The molecule has 0 amide bonds. The van der Waals surface area contributed by atoms with Crippen molar-refractivity contribution in [3.8, 4) is 0 Å².